The van der Waals surface area contributed by atoms with Crippen LogP contribution in [0.2, 0.25) is 0 Å². The van der Waals surface area contributed by atoms with Gasteiger partial charge in [0.2, 0.25) is 17.2 Å². The van der Waals surface area contributed by atoms with Gasteiger partial charge in [-0.15, -0.1) is 0 Å². The Hall–Kier alpha value is -0.510. The van der Waals surface area contributed by atoms with Crippen molar-refractivity contribution in [1.29, 1.82) is 0 Å². The van der Waals surface area contributed by atoms with E-state index in [0.717, 1.165) is 0 Å². The van der Waals surface area contributed by atoms with E-state index in [1.165, 1.54) is 0 Å². The molecule has 4 heteroatoms. The Morgan fingerprint density at radius 3 is 2.62 bits per heavy atom. The average molecular weight is 179 g/mol. The minimum Gasteiger partial charge on any atom is -0.449 e. The highest BCUT2D eigenvalue weighted by Crippen LogP contribution is 2.19. The molecule has 1 heterocycles. The molecule has 1 rings (SSSR count). The lowest BCUT2D eigenvalue weighted by atomic mass is 10.6. The summed E-state index contributed by atoms with van der Waals surface area (Å²) < 4.78 is 9.74. The van der Waals surface area contributed by atoms with Crippen LogP contribution in [0.1, 0.15) is 0 Å². The van der Waals surface area contributed by atoms with Crippen LogP contribution in [-0.2, 0) is 14.3 Å². The highest BCUT2D eigenvalue weighted by Gasteiger charge is 2.12. The van der Waals surface area contributed by atoms with Crippen molar-refractivity contribution < 1.29 is 14.3 Å². The van der Waals surface area contributed by atoms with Crippen molar-refractivity contribution in [2.24, 2.45) is 0 Å². The predicted molar refractivity (Wildman–Crippen MR) is 29.1 cm³/mol. The molecule has 0 amide bonds. The first-order valence-corrected chi connectivity index (χ1v) is 2.74. The lowest BCUT2D eigenvalue weighted by Gasteiger charge is -1.86. The van der Waals surface area contributed by atoms with Crippen LogP contribution in [0.15, 0.2) is 10.4 Å². The van der Waals surface area contributed by atoms with Gasteiger partial charge in [-0.05, 0) is 15.9 Å². The van der Waals surface area contributed by atoms with Gasteiger partial charge in [-0.1, -0.05) is 0 Å². The van der Waals surface area contributed by atoms with E-state index in [9.17, 15) is 4.79 Å². The fourth-order valence-electron chi connectivity index (χ4n) is 0.353. The zero-order valence-corrected chi connectivity index (χ0v) is 5.47. The van der Waals surface area contributed by atoms with Crippen molar-refractivity contribution in [2.75, 3.05) is 6.79 Å². The summed E-state index contributed by atoms with van der Waals surface area (Å²) >= 11 is 2.97. The van der Waals surface area contributed by atoms with Gasteiger partial charge >= 0.3 is 0 Å². The molecule has 0 saturated carbocycles. The molecule has 1 aliphatic rings. The standard InChI is InChI=1S/C4H3BrO3/c5-4-3(1-6)7-2-8-4/h1H,2H2. The molecule has 0 bridgehead atoms. The van der Waals surface area contributed by atoms with Crippen LogP contribution < -0.4 is 0 Å². The second kappa shape index (κ2) is 2.17. The molecular formula is C4H3BrO3. The van der Waals surface area contributed by atoms with Crippen molar-refractivity contribution in [3.05, 3.63) is 10.4 Å². The number of rotatable bonds is 1. The van der Waals surface area contributed by atoms with Crippen molar-refractivity contribution in [3.63, 3.8) is 0 Å². The van der Waals surface area contributed by atoms with E-state index in [1.807, 2.05) is 0 Å². The zero-order valence-electron chi connectivity index (χ0n) is 3.89. The molecule has 0 aromatic rings. The molecule has 0 spiro atoms. The number of hydrogen-bond donors (Lipinski definition) is 0. The summed E-state index contributed by atoms with van der Waals surface area (Å²) in [5.41, 5.74) is 0. The molecule has 0 radical (unpaired) electrons. The Kier molecular flexibility index (Phi) is 1.53. The molecule has 44 valence electrons. The van der Waals surface area contributed by atoms with Gasteiger partial charge in [-0.25, -0.2) is 0 Å². The highest BCUT2D eigenvalue weighted by molar-refractivity contribution is 9.11. The molecule has 0 atom stereocenters. The third-order valence-electron chi connectivity index (χ3n) is 0.701. The molecule has 0 aliphatic carbocycles. The Balaban J connectivity index is 2.72. The number of allylic oxidation sites excluding steroid dienone is 1. The van der Waals surface area contributed by atoms with Crippen molar-refractivity contribution in [1.82, 2.24) is 0 Å². The summed E-state index contributed by atoms with van der Waals surface area (Å²) in [7, 11) is 0. The quantitative estimate of drug-likeness (QED) is 0.557. The summed E-state index contributed by atoms with van der Waals surface area (Å²) in [6, 6.07) is 0. The summed E-state index contributed by atoms with van der Waals surface area (Å²) in [6.07, 6.45) is 0.594. The monoisotopic (exact) mass is 178 g/mol. The lowest BCUT2D eigenvalue weighted by molar-refractivity contribution is -0.107. The van der Waals surface area contributed by atoms with Gasteiger partial charge in [-0.3, -0.25) is 4.79 Å². The van der Waals surface area contributed by atoms with Gasteiger partial charge in [0.1, 0.15) is 0 Å². The minimum atomic E-state index is 0.134. The van der Waals surface area contributed by atoms with E-state index in [2.05, 4.69) is 20.7 Å². The summed E-state index contributed by atoms with van der Waals surface area (Å²) in [5.74, 6) is 0.227. The number of aldehydes is 1. The van der Waals surface area contributed by atoms with Crippen molar-refractivity contribution in [2.45, 2.75) is 0 Å². The maximum Gasteiger partial charge on any atom is 0.232 e. The Morgan fingerprint density at radius 2 is 2.38 bits per heavy atom. The molecule has 0 N–H and O–H groups in total. The van der Waals surface area contributed by atoms with E-state index in [4.69, 9.17) is 4.74 Å². The maximum absolute atomic E-state index is 9.92. The fourth-order valence-corrected chi connectivity index (χ4v) is 0.654. The van der Waals surface area contributed by atoms with Gasteiger partial charge in [0.15, 0.2) is 6.29 Å². The molecule has 8 heavy (non-hydrogen) atoms. The number of ether oxygens (including phenoxy) is 2. The smallest absolute Gasteiger partial charge is 0.232 e. The SMILES string of the molecule is O=CC1=C(Br)OCO1. The number of carbonyl (C=O) groups is 1. The molecule has 0 aromatic heterocycles. The second-order valence-corrected chi connectivity index (χ2v) is 1.88. The van der Waals surface area contributed by atoms with E-state index in [0.29, 0.717) is 11.0 Å². The number of halogens is 1. The van der Waals surface area contributed by atoms with Gasteiger partial charge in [0.05, 0.1) is 0 Å². The van der Waals surface area contributed by atoms with Gasteiger partial charge in [-0.2, -0.15) is 0 Å². The van der Waals surface area contributed by atoms with Crippen LogP contribution in [0.4, 0.5) is 0 Å². The third kappa shape index (κ3) is 0.838. The maximum atomic E-state index is 9.92. The zero-order chi connectivity index (χ0) is 5.98. The highest BCUT2D eigenvalue weighted by atomic mass is 79.9. The third-order valence-corrected chi connectivity index (χ3v) is 1.32. The Morgan fingerprint density at radius 1 is 1.62 bits per heavy atom. The first-order chi connectivity index (χ1) is 3.84. The minimum absolute atomic E-state index is 0.134. The fraction of sp³-hybridized carbons (Fsp3) is 0.250. The molecule has 0 aromatic carbocycles. The predicted octanol–water partition coefficient (Wildman–Crippen LogP) is 0.754. The normalized spacial score (nSPS) is 17.6. The molecule has 1 aliphatic heterocycles. The summed E-state index contributed by atoms with van der Waals surface area (Å²) in [4.78, 5) is 9.92. The van der Waals surface area contributed by atoms with Crippen LogP contribution in [0.5, 0.6) is 0 Å². The lowest BCUT2D eigenvalue weighted by Crippen LogP contribution is -1.84. The first kappa shape index (κ1) is 5.62. The molecule has 3 nitrogen and oxygen atoms in total. The second-order valence-electron chi connectivity index (χ2n) is 1.16. The van der Waals surface area contributed by atoms with E-state index in [-0.39, 0.29) is 12.6 Å². The Labute approximate surface area is 54.4 Å². The molecule has 0 unspecified atom stereocenters. The van der Waals surface area contributed by atoms with Gasteiger partial charge < -0.3 is 9.47 Å². The molecule has 0 fully saturated rings. The van der Waals surface area contributed by atoms with Crippen LogP contribution in [0.25, 0.3) is 0 Å². The van der Waals surface area contributed by atoms with Crippen LogP contribution in [0, 0.1) is 0 Å². The van der Waals surface area contributed by atoms with Crippen LogP contribution in [0.3, 0.4) is 0 Å². The average Bonchev–Trinajstić information content (AvgIpc) is 2.14. The van der Waals surface area contributed by atoms with E-state index >= 15 is 0 Å². The molecule has 0 saturated heterocycles. The topological polar surface area (TPSA) is 35.5 Å². The van der Waals surface area contributed by atoms with Gasteiger partial charge in [0, 0.05) is 0 Å². The molecular weight excluding hydrogens is 176 g/mol. The van der Waals surface area contributed by atoms with E-state index < -0.39 is 0 Å². The van der Waals surface area contributed by atoms with Gasteiger partial charge in [0.25, 0.3) is 0 Å². The van der Waals surface area contributed by atoms with Crippen molar-refractivity contribution in [3.8, 4) is 0 Å². The Bertz CT molecular complexity index is 140. The van der Waals surface area contributed by atoms with Crippen molar-refractivity contribution >= 4 is 22.2 Å². The number of hydrogen-bond acceptors (Lipinski definition) is 3. The summed E-state index contributed by atoms with van der Waals surface area (Å²) in [6.45, 7) is 0.134. The summed E-state index contributed by atoms with van der Waals surface area (Å²) in [5, 5.41) is 0. The first-order valence-electron chi connectivity index (χ1n) is 1.95. The van der Waals surface area contributed by atoms with Crippen LogP contribution in [-0.4, -0.2) is 13.1 Å². The largest absolute Gasteiger partial charge is 0.449 e. The van der Waals surface area contributed by atoms with E-state index in [1.54, 1.807) is 0 Å². The number of carbonyl (C=O) groups excluding carboxylic acids is 1. The van der Waals surface area contributed by atoms with Crippen LogP contribution >= 0.6 is 15.9 Å².